The van der Waals surface area contributed by atoms with E-state index in [-0.39, 0.29) is 65.4 Å². The van der Waals surface area contributed by atoms with Crippen LogP contribution in [0.15, 0.2) is 23.3 Å². The molecule has 7 aliphatic rings. The molecule has 14 nitrogen and oxygen atoms in total. The molecule has 20 atom stereocenters. The number of hydrogen-bond acceptors (Lipinski definition) is 14. The molecular formula is C47H74O14. The van der Waals surface area contributed by atoms with E-state index in [9.17, 15) is 19.8 Å². The van der Waals surface area contributed by atoms with Crippen LogP contribution in [0.1, 0.15) is 120 Å². The summed E-state index contributed by atoms with van der Waals surface area (Å²) in [6, 6.07) is 0. The second-order valence-corrected chi connectivity index (χ2v) is 19.6. The minimum Gasteiger partial charge on any atom is -0.458 e. The molecule has 0 bridgehead atoms. The lowest BCUT2D eigenvalue weighted by molar-refractivity contribution is -0.338. The van der Waals surface area contributed by atoms with E-state index >= 15 is 0 Å². The summed E-state index contributed by atoms with van der Waals surface area (Å²) in [5, 5.41) is 23.2. The van der Waals surface area contributed by atoms with Gasteiger partial charge in [-0.1, -0.05) is 31.6 Å². The second kappa shape index (κ2) is 18.6. The molecule has 3 saturated heterocycles. The first-order valence-corrected chi connectivity index (χ1v) is 22.9. The molecule has 346 valence electrons. The molecule has 6 fully saturated rings. The zero-order valence-corrected chi connectivity index (χ0v) is 38.3. The van der Waals surface area contributed by atoms with E-state index in [1.54, 1.807) is 48.2 Å². The largest absolute Gasteiger partial charge is 0.458 e. The average Bonchev–Trinajstić information content (AvgIpc) is 3.52. The lowest BCUT2D eigenvalue weighted by Crippen LogP contribution is -2.66. The van der Waals surface area contributed by atoms with Crippen LogP contribution in [0.5, 0.6) is 0 Å². The normalized spacial score (nSPS) is 49.0. The SMILES string of the molecule is C/C=C(\C)C(=O)O[C@@H]1CC2C(CC=C3CC(OC4CC(OC)C(OC5CC(OC)C(OC6CC(OC)C(O)C(C)O6)C(C)O5)C(C)O4)CC[C@@]32C)[C@@]2(O)CC[C@H](C(C)=O)[C@@]12C. The van der Waals surface area contributed by atoms with Crippen molar-refractivity contribution in [1.29, 1.82) is 0 Å². The topological polar surface area (TPSA) is 167 Å². The molecule has 2 N–H and O–H groups in total. The van der Waals surface area contributed by atoms with Gasteiger partial charge in [-0.2, -0.15) is 0 Å². The van der Waals surface area contributed by atoms with Gasteiger partial charge < -0.3 is 57.6 Å². The number of aliphatic hydroxyl groups excluding tert-OH is 1. The van der Waals surface area contributed by atoms with Crippen LogP contribution in [0.4, 0.5) is 0 Å². The molecule has 3 saturated carbocycles. The Balaban J connectivity index is 0.977. The van der Waals surface area contributed by atoms with Crippen molar-refractivity contribution < 1.29 is 67.2 Å². The molecule has 4 aliphatic carbocycles. The molecular weight excluding hydrogens is 789 g/mol. The van der Waals surface area contributed by atoms with Crippen LogP contribution in [0.25, 0.3) is 0 Å². The number of carbonyl (C=O) groups is 2. The molecule has 0 aromatic carbocycles. The number of fused-ring (bicyclic) bond motifs is 5. The number of esters is 1. The van der Waals surface area contributed by atoms with Crippen molar-refractivity contribution in [2.75, 3.05) is 21.3 Å². The van der Waals surface area contributed by atoms with Crippen LogP contribution in [-0.4, -0.2) is 135 Å². The summed E-state index contributed by atoms with van der Waals surface area (Å²) in [5.41, 5.74) is -0.384. The fourth-order valence-electron chi connectivity index (χ4n) is 12.7. The molecule has 3 heterocycles. The molecule has 0 aromatic rings. The summed E-state index contributed by atoms with van der Waals surface area (Å²) in [6.45, 7) is 15.2. The summed E-state index contributed by atoms with van der Waals surface area (Å²) < 4.78 is 62.4. The Bertz CT molecular complexity index is 1640. The molecule has 0 radical (unpaired) electrons. The zero-order chi connectivity index (χ0) is 44.2. The number of allylic oxidation sites excluding steroid dienone is 2. The van der Waals surface area contributed by atoms with Crippen molar-refractivity contribution in [1.82, 2.24) is 0 Å². The zero-order valence-electron chi connectivity index (χ0n) is 38.3. The summed E-state index contributed by atoms with van der Waals surface area (Å²) >= 11 is 0. The molecule has 61 heavy (non-hydrogen) atoms. The summed E-state index contributed by atoms with van der Waals surface area (Å²) in [6.07, 6.45) is 4.07. The smallest absolute Gasteiger partial charge is 0.333 e. The van der Waals surface area contributed by atoms with Crippen LogP contribution >= 0.6 is 0 Å². The van der Waals surface area contributed by atoms with Gasteiger partial charge in [-0.05, 0) is 104 Å². The number of rotatable bonds is 12. The van der Waals surface area contributed by atoms with Gasteiger partial charge in [0.05, 0.1) is 48.3 Å². The molecule has 15 unspecified atom stereocenters. The third kappa shape index (κ3) is 8.59. The highest BCUT2D eigenvalue weighted by atomic mass is 16.7. The predicted molar refractivity (Wildman–Crippen MR) is 222 cm³/mol. The van der Waals surface area contributed by atoms with Gasteiger partial charge in [-0.25, -0.2) is 4.79 Å². The predicted octanol–water partition coefficient (Wildman–Crippen LogP) is 5.72. The van der Waals surface area contributed by atoms with Crippen molar-refractivity contribution in [3.63, 3.8) is 0 Å². The number of ketones is 1. The Morgan fingerprint density at radius 3 is 1.89 bits per heavy atom. The number of methoxy groups -OCH3 is 3. The van der Waals surface area contributed by atoms with Crippen molar-refractivity contribution >= 4 is 11.8 Å². The molecule has 7 rings (SSSR count). The highest BCUT2D eigenvalue weighted by Gasteiger charge is 2.71. The van der Waals surface area contributed by atoms with Crippen LogP contribution < -0.4 is 0 Å². The Morgan fingerprint density at radius 1 is 0.770 bits per heavy atom. The standard InChI is InChI=1S/C47H74O14/c1-12-24(2)44(50)59-37-20-33-32(47(51)18-16-31(25(3)48)46(37,47)8)14-13-29-19-30(15-17-45(29,33)7)58-38-22-35(53-10)42(27(5)56-38)61-40-23-36(54-11)43(28(6)57-40)60-39-21-34(52-9)41(49)26(4)55-39/h12-13,26-28,30-43,49,51H,14-23H2,1-11H3/b24-12+/t26?,27?,28?,30?,31-,32?,33?,34?,35?,36?,37-,38?,39?,40?,41?,42?,43?,45+,46+,47+/m1/s1. The Kier molecular flexibility index (Phi) is 14.4. The monoisotopic (exact) mass is 863 g/mol. The number of hydrogen-bond donors (Lipinski definition) is 2. The lowest BCUT2D eigenvalue weighted by Gasteiger charge is -2.63. The number of carbonyl (C=O) groups excluding carboxylic acids is 2. The Labute approximate surface area is 362 Å². The van der Waals surface area contributed by atoms with E-state index < -0.39 is 66.5 Å². The Hall–Kier alpha value is -1.82. The van der Waals surface area contributed by atoms with Crippen molar-refractivity contribution in [2.24, 2.45) is 28.6 Å². The van der Waals surface area contributed by atoms with Crippen LogP contribution in [0.2, 0.25) is 0 Å². The fourth-order valence-corrected chi connectivity index (χ4v) is 12.7. The highest BCUT2D eigenvalue weighted by Crippen LogP contribution is 2.68. The van der Waals surface area contributed by atoms with E-state index in [1.807, 2.05) is 27.7 Å². The average molecular weight is 863 g/mol. The van der Waals surface area contributed by atoms with Gasteiger partial charge >= 0.3 is 5.97 Å². The quantitative estimate of drug-likeness (QED) is 0.139. The van der Waals surface area contributed by atoms with Crippen LogP contribution in [0, 0.1) is 28.6 Å². The van der Waals surface area contributed by atoms with Gasteiger partial charge in [0.25, 0.3) is 0 Å². The Morgan fingerprint density at radius 2 is 1.33 bits per heavy atom. The van der Waals surface area contributed by atoms with Crippen molar-refractivity contribution in [2.45, 2.75) is 211 Å². The molecule has 0 aromatic heterocycles. The molecule has 3 aliphatic heterocycles. The maximum absolute atomic E-state index is 13.3. The van der Waals surface area contributed by atoms with Crippen molar-refractivity contribution in [3.8, 4) is 0 Å². The third-order valence-corrected chi connectivity index (χ3v) is 16.6. The third-order valence-electron chi connectivity index (χ3n) is 16.6. The molecule has 0 amide bonds. The first-order chi connectivity index (χ1) is 28.9. The van der Waals surface area contributed by atoms with E-state index in [1.165, 1.54) is 5.57 Å². The minimum absolute atomic E-state index is 0.0463. The maximum atomic E-state index is 13.3. The first kappa shape index (κ1) is 47.2. The van der Waals surface area contributed by atoms with Crippen molar-refractivity contribution in [3.05, 3.63) is 23.3 Å². The van der Waals surface area contributed by atoms with Gasteiger partial charge in [-0.15, -0.1) is 0 Å². The summed E-state index contributed by atoms with van der Waals surface area (Å²) in [4.78, 5) is 26.4. The first-order valence-electron chi connectivity index (χ1n) is 22.9. The number of Topliss-reactive ketones (excluding diaryl/α,β-unsaturated/α-hetero) is 1. The van der Waals surface area contributed by atoms with Gasteiger partial charge in [0.15, 0.2) is 18.9 Å². The van der Waals surface area contributed by atoms with Gasteiger partial charge in [0.1, 0.15) is 30.2 Å². The molecule has 0 spiro atoms. The van der Waals surface area contributed by atoms with Gasteiger partial charge in [0.2, 0.25) is 0 Å². The van der Waals surface area contributed by atoms with E-state index in [4.69, 9.17) is 47.4 Å². The van der Waals surface area contributed by atoms with Crippen LogP contribution in [-0.2, 0) is 57.0 Å². The van der Waals surface area contributed by atoms with E-state index in [0.717, 1.165) is 19.3 Å². The lowest BCUT2D eigenvalue weighted by atomic mass is 9.45. The maximum Gasteiger partial charge on any atom is 0.333 e. The van der Waals surface area contributed by atoms with E-state index in [0.29, 0.717) is 50.5 Å². The fraction of sp³-hybridized carbons (Fsp3) is 0.872. The highest BCUT2D eigenvalue weighted by molar-refractivity contribution is 5.88. The van der Waals surface area contributed by atoms with E-state index in [2.05, 4.69) is 13.0 Å². The van der Waals surface area contributed by atoms with Gasteiger partial charge in [-0.3, -0.25) is 4.79 Å². The summed E-state index contributed by atoms with van der Waals surface area (Å²) in [5.74, 6) is -0.680. The van der Waals surface area contributed by atoms with Crippen LogP contribution in [0.3, 0.4) is 0 Å². The second-order valence-electron chi connectivity index (χ2n) is 19.6. The minimum atomic E-state index is -1.14. The number of aliphatic hydroxyl groups is 2. The van der Waals surface area contributed by atoms with Gasteiger partial charge in [0, 0.05) is 57.5 Å². The number of ether oxygens (including phenoxy) is 10. The summed E-state index contributed by atoms with van der Waals surface area (Å²) in [7, 11) is 4.91. The molecule has 14 heteroatoms.